The van der Waals surface area contributed by atoms with E-state index in [9.17, 15) is 31.4 Å². The largest absolute Gasteiger partial charge is 0.418 e. The normalized spacial score (nSPS) is 20.8. The highest BCUT2D eigenvalue weighted by atomic mass is 19.4. The molecule has 0 fully saturated rings. The Labute approximate surface area is 150 Å². The van der Waals surface area contributed by atoms with E-state index in [2.05, 4.69) is 0 Å². The highest BCUT2D eigenvalue weighted by molar-refractivity contribution is 5.49. The molecule has 0 bridgehead atoms. The summed E-state index contributed by atoms with van der Waals surface area (Å²) in [5.41, 5.74) is -4.86. The predicted octanol–water partition coefficient (Wildman–Crippen LogP) is 4.76. The van der Waals surface area contributed by atoms with E-state index in [0.29, 0.717) is 6.20 Å². The van der Waals surface area contributed by atoms with Crippen LogP contribution in [0.15, 0.2) is 24.4 Å². The van der Waals surface area contributed by atoms with E-state index in [1.54, 1.807) is 6.07 Å². The van der Waals surface area contributed by atoms with Gasteiger partial charge in [-0.25, -0.2) is 13.2 Å². The second-order valence-electron chi connectivity index (χ2n) is 7.14. The molecule has 2 aromatic rings. The molecule has 1 N–H and O–H groups in total. The molecule has 1 heterocycles. The summed E-state index contributed by atoms with van der Waals surface area (Å²) in [6.45, 7) is 2.25. The minimum Gasteiger partial charge on any atom is -0.382 e. The molecule has 0 saturated heterocycles. The highest BCUT2D eigenvalue weighted by Gasteiger charge is 2.59. The van der Waals surface area contributed by atoms with E-state index in [1.807, 2.05) is 0 Å². The molecule has 144 valence electrons. The summed E-state index contributed by atoms with van der Waals surface area (Å²) in [7, 11) is 0. The predicted molar refractivity (Wildman–Crippen MR) is 82.8 cm³/mol. The highest BCUT2D eigenvalue weighted by Crippen LogP contribution is 2.55. The maximum Gasteiger partial charge on any atom is 0.418 e. The summed E-state index contributed by atoms with van der Waals surface area (Å²) in [4.78, 5) is 0. The molecular formula is C18H14F6N2O. The minimum atomic E-state index is -5.02. The van der Waals surface area contributed by atoms with Crippen molar-refractivity contribution >= 4 is 0 Å². The Morgan fingerprint density at radius 2 is 1.89 bits per heavy atom. The van der Waals surface area contributed by atoms with Crippen molar-refractivity contribution in [1.29, 1.82) is 5.26 Å². The summed E-state index contributed by atoms with van der Waals surface area (Å²) in [6.07, 6.45) is -7.70. The van der Waals surface area contributed by atoms with E-state index in [1.165, 1.54) is 6.07 Å². The van der Waals surface area contributed by atoms with Crippen LogP contribution in [0.5, 0.6) is 0 Å². The van der Waals surface area contributed by atoms with Crippen LogP contribution in [0, 0.1) is 22.6 Å². The van der Waals surface area contributed by atoms with Crippen molar-refractivity contribution in [3.8, 4) is 11.8 Å². The van der Waals surface area contributed by atoms with Crippen molar-refractivity contribution in [3.05, 3.63) is 52.6 Å². The molecule has 3 nitrogen and oxygen atoms in total. The third kappa shape index (κ3) is 2.79. The molecule has 9 heteroatoms. The average molecular weight is 388 g/mol. The van der Waals surface area contributed by atoms with Crippen LogP contribution in [0.4, 0.5) is 26.3 Å². The summed E-state index contributed by atoms with van der Waals surface area (Å²) in [6, 6.07) is 4.85. The lowest BCUT2D eigenvalue weighted by atomic mass is 9.71. The van der Waals surface area contributed by atoms with E-state index in [-0.39, 0.29) is 16.9 Å². The Morgan fingerprint density at radius 3 is 2.41 bits per heavy atom. The zero-order valence-electron chi connectivity index (χ0n) is 14.2. The van der Waals surface area contributed by atoms with Gasteiger partial charge in [0.05, 0.1) is 22.9 Å². The molecule has 1 aliphatic carbocycles. The second-order valence-corrected chi connectivity index (χ2v) is 7.14. The van der Waals surface area contributed by atoms with Crippen LogP contribution >= 0.6 is 0 Å². The first-order valence-electron chi connectivity index (χ1n) is 7.88. The van der Waals surface area contributed by atoms with Crippen LogP contribution in [0.2, 0.25) is 0 Å². The lowest BCUT2D eigenvalue weighted by molar-refractivity contribution is -0.195. The van der Waals surface area contributed by atoms with Gasteiger partial charge in [-0.15, -0.1) is 0 Å². The fourth-order valence-corrected chi connectivity index (χ4v) is 3.35. The van der Waals surface area contributed by atoms with Crippen LogP contribution in [0.3, 0.4) is 0 Å². The van der Waals surface area contributed by atoms with Gasteiger partial charge in [0.25, 0.3) is 5.92 Å². The van der Waals surface area contributed by atoms with Crippen LogP contribution in [-0.4, -0.2) is 15.6 Å². The standard InChI is InChI=1S/C18H14F6N2O/c1-16(2)6-13-14(15(27)17(16,20)21)10(18(22,23)24)8-26(13)12-4-3-9(7-25)5-11(12)19/h3-5,8,15,27H,6H2,1-2H3. The summed E-state index contributed by atoms with van der Waals surface area (Å²) < 4.78 is 84.5. The number of nitrogens with zero attached hydrogens (tertiary/aromatic N) is 2. The number of aromatic nitrogens is 1. The van der Waals surface area contributed by atoms with E-state index in [0.717, 1.165) is 30.5 Å². The van der Waals surface area contributed by atoms with Crippen molar-refractivity contribution in [3.63, 3.8) is 0 Å². The molecule has 0 spiro atoms. The minimum absolute atomic E-state index is 0.0415. The molecule has 0 radical (unpaired) electrons. The average Bonchev–Trinajstić information content (AvgIpc) is 2.91. The Balaban J connectivity index is 2.33. The Bertz CT molecular complexity index is 952. The van der Waals surface area contributed by atoms with E-state index < -0.39 is 47.0 Å². The molecule has 1 aliphatic rings. The van der Waals surface area contributed by atoms with Gasteiger partial charge in [0, 0.05) is 22.9 Å². The third-order valence-electron chi connectivity index (χ3n) is 4.92. The molecule has 27 heavy (non-hydrogen) atoms. The number of aliphatic hydroxyl groups is 1. The fraction of sp³-hybridized carbons (Fsp3) is 0.389. The van der Waals surface area contributed by atoms with Gasteiger partial charge in [0.15, 0.2) is 0 Å². The molecule has 3 rings (SSSR count). The Hall–Kier alpha value is -2.47. The van der Waals surface area contributed by atoms with Crippen LogP contribution < -0.4 is 0 Å². The van der Waals surface area contributed by atoms with Gasteiger partial charge in [-0.3, -0.25) is 0 Å². The number of hydrogen-bond donors (Lipinski definition) is 1. The van der Waals surface area contributed by atoms with E-state index >= 15 is 0 Å². The first kappa shape index (κ1) is 19.3. The number of aliphatic hydroxyl groups excluding tert-OH is 1. The molecule has 1 aromatic heterocycles. The molecule has 0 saturated carbocycles. The Kier molecular flexibility index (Phi) is 4.12. The Morgan fingerprint density at radius 1 is 1.26 bits per heavy atom. The zero-order chi connectivity index (χ0) is 20.4. The molecule has 1 aromatic carbocycles. The number of nitriles is 1. The number of halogens is 6. The van der Waals surface area contributed by atoms with Crippen LogP contribution in [-0.2, 0) is 12.6 Å². The van der Waals surface area contributed by atoms with Gasteiger partial charge in [0.2, 0.25) is 0 Å². The van der Waals surface area contributed by atoms with Gasteiger partial charge in [-0.05, 0) is 24.6 Å². The van der Waals surface area contributed by atoms with Crippen LogP contribution in [0.25, 0.3) is 5.69 Å². The fourth-order valence-electron chi connectivity index (χ4n) is 3.35. The van der Waals surface area contributed by atoms with Gasteiger partial charge in [-0.1, -0.05) is 13.8 Å². The quantitative estimate of drug-likeness (QED) is 0.717. The molecule has 1 unspecified atom stereocenters. The molecule has 0 amide bonds. The third-order valence-corrected chi connectivity index (χ3v) is 4.92. The first-order valence-corrected chi connectivity index (χ1v) is 7.88. The van der Waals surface area contributed by atoms with Gasteiger partial charge in [0.1, 0.15) is 11.9 Å². The zero-order valence-corrected chi connectivity index (χ0v) is 14.2. The maximum absolute atomic E-state index is 14.5. The van der Waals surface area contributed by atoms with Gasteiger partial charge in [-0.2, -0.15) is 18.4 Å². The monoisotopic (exact) mass is 388 g/mol. The summed E-state index contributed by atoms with van der Waals surface area (Å²) >= 11 is 0. The topological polar surface area (TPSA) is 49.0 Å². The molecule has 0 aliphatic heterocycles. The van der Waals surface area contributed by atoms with Crippen molar-refractivity contribution < 1.29 is 31.4 Å². The summed E-state index contributed by atoms with van der Waals surface area (Å²) in [5, 5.41) is 18.9. The van der Waals surface area contributed by atoms with Gasteiger partial charge >= 0.3 is 6.18 Å². The van der Waals surface area contributed by atoms with Crippen molar-refractivity contribution in [1.82, 2.24) is 4.57 Å². The molecular weight excluding hydrogens is 374 g/mol. The van der Waals surface area contributed by atoms with Crippen molar-refractivity contribution in [2.75, 3.05) is 0 Å². The molecule has 1 atom stereocenters. The van der Waals surface area contributed by atoms with Crippen molar-refractivity contribution in [2.45, 2.75) is 38.5 Å². The number of benzene rings is 1. The second kappa shape index (κ2) is 5.76. The lowest BCUT2D eigenvalue weighted by Gasteiger charge is -2.42. The maximum atomic E-state index is 14.5. The lowest BCUT2D eigenvalue weighted by Crippen LogP contribution is -2.47. The van der Waals surface area contributed by atoms with Crippen molar-refractivity contribution in [2.24, 2.45) is 5.41 Å². The number of fused-ring (bicyclic) bond motifs is 1. The van der Waals surface area contributed by atoms with E-state index in [4.69, 9.17) is 5.26 Å². The van der Waals surface area contributed by atoms with Crippen LogP contribution in [0.1, 0.15) is 42.3 Å². The number of rotatable bonds is 1. The number of alkyl halides is 5. The number of hydrogen-bond acceptors (Lipinski definition) is 2. The van der Waals surface area contributed by atoms with Gasteiger partial charge < -0.3 is 9.67 Å². The SMILES string of the molecule is CC1(C)Cc2c(c(C(F)(F)F)cn2-c2ccc(C#N)cc2F)C(O)C1(F)F. The first-order chi connectivity index (χ1) is 12.3. The summed E-state index contributed by atoms with van der Waals surface area (Å²) in [5.74, 6) is -4.79. The smallest absolute Gasteiger partial charge is 0.382 e.